The Morgan fingerprint density at radius 3 is 2.75 bits per heavy atom. The highest BCUT2D eigenvalue weighted by atomic mass is 35.5. The van der Waals surface area contributed by atoms with Crippen molar-refractivity contribution in [2.75, 3.05) is 13.6 Å². The lowest BCUT2D eigenvalue weighted by Gasteiger charge is -2.07. The van der Waals surface area contributed by atoms with Crippen LogP contribution in [0.2, 0.25) is 5.02 Å². The summed E-state index contributed by atoms with van der Waals surface area (Å²) in [6, 6.07) is 13.2. The van der Waals surface area contributed by atoms with E-state index in [0.717, 1.165) is 18.8 Å². The lowest BCUT2D eigenvalue weighted by Crippen LogP contribution is -2.11. The first-order valence-electron chi connectivity index (χ1n) is 9.17. The highest BCUT2D eigenvalue weighted by Gasteiger charge is 2.07. The number of hydrogen-bond acceptors (Lipinski definition) is 2. The SMILES string of the molecule is C=C(NCC#Cc1cc2cc(CNC)ccc2n1CC)c1ccc(Cl)c(F)c1. The van der Waals surface area contributed by atoms with Crippen LogP contribution in [-0.4, -0.2) is 18.2 Å². The Bertz CT molecular complexity index is 1070. The lowest BCUT2D eigenvalue weighted by atomic mass is 10.1. The molecule has 0 aliphatic heterocycles. The number of benzene rings is 2. The van der Waals surface area contributed by atoms with Crippen molar-refractivity contribution in [3.63, 3.8) is 0 Å². The molecule has 3 nitrogen and oxygen atoms in total. The van der Waals surface area contributed by atoms with Gasteiger partial charge in [-0.1, -0.05) is 36.2 Å². The molecule has 0 spiro atoms. The molecule has 2 aromatic carbocycles. The van der Waals surface area contributed by atoms with E-state index in [1.165, 1.54) is 28.6 Å². The van der Waals surface area contributed by atoms with Gasteiger partial charge in [0.15, 0.2) is 0 Å². The highest BCUT2D eigenvalue weighted by Crippen LogP contribution is 2.21. The van der Waals surface area contributed by atoms with Crippen molar-refractivity contribution in [1.29, 1.82) is 0 Å². The Morgan fingerprint density at radius 2 is 2.04 bits per heavy atom. The first kappa shape index (κ1) is 20.0. The first-order valence-corrected chi connectivity index (χ1v) is 9.55. The zero-order valence-corrected chi connectivity index (χ0v) is 16.8. The molecule has 5 heteroatoms. The number of fused-ring (bicyclic) bond motifs is 1. The summed E-state index contributed by atoms with van der Waals surface area (Å²) in [5.74, 6) is 5.90. The fourth-order valence-corrected chi connectivity index (χ4v) is 3.27. The normalized spacial score (nSPS) is 10.6. The van der Waals surface area contributed by atoms with E-state index in [2.05, 4.69) is 64.8 Å². The van der Waals surface area contributed by atoms with Gasteiger partial charge in [0.2, 0.25) is 0 Å². The van der Waals surface area contributed by atoms with Crippen LogP contribution in [0.5, 0.6) is 0 Å². The quantitative estimate of drug-likeness (QED) is 0.588. The van der Waals surface area contributed by atoms with Gasteiger partial charge in [-0.2, -0.15) is 0 Å². The van der Waals surface area contributed by atoms with Gasteiger partial charge < -0.3 is 15.2 Å². The maximum Gasteiger partial charge on any atom is 0.142 e. The van der Waals surface area contributed by atoms with Gasteiger partial charge in [-0.25, -0.2) is 4.39 Å². The molecule has 0 saturated heterocycles. The van der Waals surface area contributed by atoms with E-state index in [1.54, 1.807) is 6.07 Å². The zero-order chi connectivity index (χ0) is 20.1. The molecule has 0 aliphatic rings. The van der Waals surface area contributed by atoms with Gasteiger partial charge in [0.25, 0.3) is 0 Å². The van der Waals surface area contributed by atoms with Crippen molar-refractivity contribution in [1.82, 2.24) is 15.2 Å². The number of rotatable bonds is 6. The van der Waals surface area contributed by atoms with Crippen molar-refractivity contribution in [2.24, 2.45) is 0 Å². The van der Waals surface area contributed by atoms with Crippen LogP contribution >= 0.6 is 11.6 Å². The third kappa shape index (κ3) is 4.39. The Kier molecular flexibility index (Phi) is 6.41. The summed E-state index contributed by atoms with van der Waals surface area (Å²) in [7, 11) is 1.94. The van der Waals surface area contributed by atoms with Gasteiger partial charge in [-0.05, 0) is 61.4 Å². The van der Waals surface area contributed by atoms with E-state index < -0.39 is 5.82 Å². The van der Waals surface area contributed by atoms with E-state index in [-0.39, 0.29) is 5.02 Å². The number of hydrogen-bond donors (Lipinski definition) is 2. The highest BCUT2D eigenvalue weighted by molar-refractivity contribution is 6.30. The predicted octanol–water partition coefficient (Wildman–Crippen LogP) is 4.79. The molecule has 0 amide bonds. The third-order valence-corrected chi connectivity index (χ3v) is 4.84. The Morgan fingerprint density at radius 1 is 1.21 bits per heavy atom. The Labute approximate surface area is 170 Å². The van der Waals surface area contributed by atoms with E-state index in [4.69, 9.17) is 11.6 Å². The molecule has 1 heterocycles. The van der Waals surface area contributed by atoms with Crippen LogP contribution in [-0.2, 0) is 13.1 Å². The minimum absolute atomic E-state index is 0.0987. The first-order chi connectivity index (χ1) is 13.5. The van der Waals surface area contributed by atoms with Crippen LogP contribution in [0.4, 0.5) is 4.39 Å². The molecule has 0 saturated carbocycles. The summed E-state index contributed by atoms with van der Waals surface area (Å²) in [4.78, 5) is 0. The molecule has 2 N–H and O–H groups in total. The fourth-order valence-electron chi connectivity index (χ4n) is 3.15. The van der Waals surface area contributed by atoms with Gasteiger partial charge in [0, 0.05) is 29.7 Å². The maximum absolute atomic E-state index is 13.6. The average Bonchev–Trinajstić information content (AvgIpc) is 3.04. The molecule has 3 aromatic rings. The fraction of sp³-hybridized carbons (Fsp3) is 0.217. The van der Waals surface area contributed by atoms with Crippen molar-refractivity contribution >= 4 is 28.2 Å². The minimum Gasteiger partial charge on any atom is -0.374 e. The predicted molar refractivity (Wildman–Crippen MR) is 116 cm³/mol. The molecule has 0 fully saturated rings. The molecule has 1 aromatic heterocycles. The van der Waals surface area contributed by atoms with Gasteiger partial charge in [0.05, 0.1) is 17.3 Å². The Balaban J connectivity index is 1.73. The van der Waals surface area contributed by atoms with E-state index in [9.17, 15) is 4.39 Å². The monoisotopic (exact) mass is 395 g/mol. The number of nitrogens with zero attached hydrogens (tertiary/aromatic N) is 1. The number of aromatic nitrogens is 1. The van der Waals surface area contributed by atoms with Crippen molar-refractivity contribution in [3.05, 3.63) is 76.7 Å². The van der Waals surface area contributed by atoms with Gasteiger partial charge >= 0.3 is 0 Å². The van der Waals surface area contributed by atoms with Crippen LogP contribution in [0.15, 0.2) is 49.0 Å². The molecule has 0 bridgehead atoms. The largest absolute Gasteiger partial charge is 0.374 e. The summed E-state index contributed by atoms with van der Waals surface area (Å²) >= 11 is 5.72. The summed E-state index contributed by atoms with van der Waals surface area (Å²) in [6.45, 7) is 8.15. The molecule has 144 valence electrons. The van der Waals surface area contributed by atoms with E-state index >= 15 is 0 Å². The Hall–Kier alpha value is -2.74. The molecule has 28 heavy (non-hydrogen) atoms. The standard InChI is InChI=1S/C23H23ClFN3/c1-4-28-20(13-19-12-17(15-26-3)7-10-23(19)28)6-5-11-27-16(2)18-8-9-21(24)22(25)14-18/h7-10,12-14,26-27H,2,4,11,15H2,1,3H3. The third-order valence-electron chi connectivity index (χ3n) is 4.54. The van der Waals surface area contributed by atoms with Gasteiger partial charge in [-0.15, -0.1) is 0 Å². The number of halogens is 2. The maximum atomic E-state index is 13.6. The smallest absolute Gasteiger partial charge is 0.142 e. The zero-order valence-electron chi connectivity index (χ0n) is 16.1. The van der Waals surface area contributed by atoms with Gasteiger partial charge in [0.1, 0.15) is 5.82 Å². The summed E-state index contributed by atoms with van der Waals surface area (Å²) in [6.07, 6.45) is 0. The summed E-state index contributed by atoms with van der Waals surface area (Å²) in [5.41, 5.74) is 4.67. The molecular formula is C23H23ClFN3. The van der Waals surface area contributed by atoms with Crippen molar-refractivity contribution in [2.45, 2.75) is 20.0 Å². The second kappa shape index (κ2) is 8.97. The van der Waals surface area contributed by atoms with Crippen LogP contribution in [0, 0.1) is 17.7 Å². The average molecular weight is 396 g/mol. The van der Waals surface area contributed by atoms with Crippen LogP contribution in [0.1, 0.15) is 23.7 Å². The minimum atomic E-state index is -0.460. The van der Waals surface area contributed by atoms with Crippen LogP contribution < -0.4 is 10.6 Å². The molecular weight excluding hydrogens is 373 g/mol. The second-order valence-corrected chi connectivity index (χ2v) is 6.87. The number of aryl methyl sites for hydroxylation is 1. The lowest BCUT2D eigenvalue weighted by molar-refractivity contribution is 0.627. The molecule has 3 rings (SSSR count). The molecule has 0 radical (unpaired) electrons. The summed E-state index contributed by atoms with van der Waals surface area (Å²) < 4.78 is 15.8. The summed E-state index contributed by atoms with van der Waals surface area (Å²) in [5, 5.41) is 7.58. The van der Waals surface area contributed by atoms with Crippen LogP contribution in [0.3, 0.4) is 0 Å². The second-order valence-electron chi connectivity index (χ2n) is 6.46. The van der Waals surface area contributed by atoms with E-state index in [1.807, 2.05) is 7.05 Å². The molecule has 0 atom stereocenters. The number of nitrogens with one attached hydrogen (secondary N) is 2. The molecule has 0 aliphatic carbocycles. The topological polar surface area (TPSA) is 29.0 Å². The molecule has 0 unspecified atom stereocenters. The van der Waals surface area contributed by atoms with Gasteiger partial charge in [-0.3, -0.25) is 0 Å². The van der Waals surface area contributed by atoms with Crippen LogP contribution in [0.25, 0.3) is 16.6 Å². The van der Waals surface area contributed by atoms with Crippen molar-refractivity contribution < 1.29 is 4.39 Å². The van der Waals surface area contributed by atoms with Crippen molar-refractivity contribution in [3.8, 4) is 11.8 Å². The van der Waals surface area contributed by atoms with E-state index in [0.29, 0.717) is 17.8 Å².